The predicted molar refractivity (Wildman–Crippen MR) is 105 cm³/mol. The van der Waals surface area contributed by atoms with Crippen molar-refractivity contribution >= 4 is 11.9 Å². The number of nitrogens with zero attached hydrogens (tertiary/aromatic N) is 2. The van der Waals surface area contributed by atoms with E-state index in [1.165, 1.54) is 4.90 Å². The van der Waals surface area contributed by atoms with E-state index in [-0.39, 0.29) is 12.5 Å². The van der Waals surface area contributed by atoms with E-state index >= 15 is 0 Å². The van der Waals surface area contributed by atoms with Crippen LogP contribution in [0, 0.1) is 0 Å². The van der Waals surface area contributed by atoms with Gasteiger partial charge in [0.15, 0.2) is 17.5 Å². The molecule has 0 atom stereocenters. The molecule has 7 nitrogen and oxygen atoms in total. The first-order valence-corrected chi connectivity index (χ1v) is 8.45. The topological polar surface area (TPSA) is 75.2 Å². The van der Waals surface area contributed by atoms with Crippen molar-refractivity contribution in [2.24, 2.45) is 4.99 Å². The van der Waals surface area contributed by atoms with Gasteiger partial charge in [0, 0.05) is 27.2 Å². The fourth-order valence-electron chi connectivity index (χ4n) is 2.06. The summed E-state index contributed by atoms with van der Waals surface area (Å²) < 4.78 is 10.6. The normalized spacial score (nSPS) is 10.9. The minimum Gasteiger partial charge on any atom is -0.493 e. The average molecular weight is 362 g/mol. The second-order valence-electron chi connectivity index (χ2n) is 6.13. The van der Waals surface area contributed by atoms with Crippen LogP contribution in [0.3, 0.4) is 0 Å². The first-order chi connectivity index (χ1) is 12.4. The predicted octanol–water partition coefficient (Wildman–Crippen LogP) is 1.45. The summed E-state index contributed by atoms with van der Waals surface area (Å²) in [5.74, 6) is 1.94. The number of amides is 1. The van der Waals surface area contributed by atoms with Crippen LogP contribution in [0.25, 0.3) is 0 Å². The number of aliphatic imine (C=N–C) groups is 1. The number of ether oxygens (including phenoxy) is 2. The SMILES string of the molecule is C=C(C)CNC(=NCC(=O)N(C)C)NCCc1ccc(OC)c(OC)c1. The highest BCUT2D eigenvalue weighted by atomic mass is 16.5. The Balaban J connectivity index is 2.66. The van der Waals surface area contributed by atoms with Gasteiger partial charge in [0.1, 0.15) is 6.54 Å². The summed E-state index contributed by atoms with van der Waals surface area (Å²) in [7, 11) is 6.66. The van der Waals surface area contributed by atoms with Gasteiger partial charge in [-0.2, -0.15) is 0 Å². The number of hydrogen-bond donors (Lipinski definition) is 2. The van der Waals surface area contributed by atoms with Gasteiger partial charge in [-0.05, 0) is 31.0 Å². The lowest BCUT2D eigenvalue weighted by molar-refractivity contribution is -0.127. The highest BCUT2D eigenvalue weighted by Gasteiger charge is 2.06. The van der Waals surface area contributed by atoms with E-state index in [1.807, 2.05) is 25.1 Å². The van der Waals surface area contributed by atoms with Gasteiger partial charge in [-0.1, -0.05) is 18.2 Å². The van der Waals surface area contributed by atoms with E-state index < -0.39 is 0 Å². The Labute approximate surface area is 156 Å². The molecule has 144 valence electrons. The van der Waals surface area contributed by atoms with E-state index in [0.29, 0.717) is 30.5 Å². The van der Waals surface area contributed by atoms with Crippen LogP contribution in [0.1, 0.15) is 12.5 Å². The molecule has 0 aliphatic carbocycles. The quantitative estimate of drug-likeness (QED) is 0.395. The molecule has 0 radical (unpaired) electrons. The van der Waals surface area contributed by atoms with Gasteiger partial charge in [-0.25, -0.2) is 4.99 Å². The van der Waals surface area contributed by atoms with Crippen molar-refractivity contribution in [2.45, 2.75) is 13.3 Å². The van der Waals surface area contributed by atoms with Crippen LogP contribution < -0.4 is 20.1 Å². The number of nitrogens with one attached hydrogen (secondary N) is 2. The van der Waals surface area contributed by atoms with E-state index in [2.05, 4.69) is 22.2 Å². The minimum absolute atomic E-state index is 0.0543. The molecule has 0 aliphatic heterocycles. The van der Waals surface area contributed by atoms with Crippen molar-refractivity contribution < 1.29 is 14.3 Å². The summed E-state index contributed by atoms with van der Waals surface area (Å²) in [6.07, 6.45) is 0.774. The van der Waals surface area contributed by atoms with Crippen molar-refractivity contribution in [1.82, 2.24) is 15.5 Å². The molecule has 26 heavy (non-hydrogen) atoms. The Morgan fingerprint density at radius 2 is 1.88 bits per heavy atom. The molecule has 0 aliphatic rings. The van der Waals surface area contributed by atoms with Gasteiger partial charge < -0.3 is 25.0 Å². The van der Waals surface area contributed by atoms with Crippen LogP contribution in [0.4, 0.5) is 0 Å². The Morgan fingerprint density at radius 1 is 1.19 bits per heavy atom. The van der Waals surface area contributed by atoms with E-state index in [1.54, 1.807) is 28.3 Å². The first-order valence-electron chi connectivity index (χ1n) is 8.45. The zero-order valence-corrected chi connectivity index (χ0v) is 16.4. The Morgan fingerprint density at radius 3 is 2.46 bits per heavy atom. The molecule has 1 rings (SSSR count). The molecule has 0 saturated carbocycles. The zero-order valence-electron chi connectivity index (χ0n) is 16.4. The highest BCUT2D eigenvalue weighted by molar-refractivity contribution is 5.84. The molecule has 0 spiro atoms. The molecule has 0 saturated heterocycles. The average Bonchev–Trinajstić information content (AvgIpc) is 2.62. The Bertz CT molecular complexity index is 642. The standard InChI is InChI=1S/C19H30N4O3/c1-14(2)12-21-19(22-13-18(24)23(3)4)20-10-9-15-7-8-16(25-5)17(11-15)26-6/h7-8,11H,1,9-10,12-13H2,2-6H3,(H2,20,21,22). The van der Waals surface area contributed by atoms with E-state index in [9.17, 15) is 4.79 Å². The van der Waals surface area contributed by atoms with Crippen molar-refractivity contribution in [3.05, 3.63) is 35.9 Å². The Hall–Kier alpha value is -2.70. The molecule has 7 heteroatoms. The third-order valence-electron chi connectivity index (χ3n) is 3.58. The molecule has 0 aromatic heterocycles. The van der Waals surface area contributed by atoms with Gasteiger partial charge >= 0.3 is 0 Å². The number of benzene rings is 1. The third kappa shape index (κ3) is 7.46. The number of likely N-dealkylation sites (N-methyl/N-ethyl adjacent to an activating group) is 1. The molecule has 0 bridgehead atoms. The monoisotopic (exact) mass is 362 g/mol. The second-order valence-corrected chi connectivity index (χ2v) is 6.13. The van der Waals surface area contributed by atoms with Crippen LogP contribution in [0.2, 0.25) is 0 Å². The molecule has 1 amide bonds. The Kier molecular flexibility index (Phi) is 9.05. The van der Waals surface area contributed by atoms with Crippen LogP contribution >= 0.6 is 0 Å². The maximum atomic E-state index is 11.7. The molecule has 0 unspecified atom stereocenters. The number of carbonyl (C=O) groups is 1. The smallest absolute Gasteiger partial charge is 0.243 e. The first kappa shape index (κ1) is 21.3. The van der Waals surface area contributed by atoms with Crippen molar-refractivity contribution in [3.8, 4) is 11.5 Å². The molecule has 0 fully saturated rings. The number of carbonyl (C=O) groups excluding carboxylic acids is 1. The molecule has 1 aromatic rings. The van der Waals surface area contributed by atoms with Crippen molar-refractivity contribution in [1.29, 1.82) is 0 Å². The lowest BCUT2D eigenvalue weighted by atomic mass is 10.1. The number of rotatable bonds is 9. The van der Waals surface area contributed by atoms with E-state index in [4.69, 9.17) is 9.47 Å². The minimum atomic E-state index is -0.0543. The fourth-order valence-corrected chi connectivity index (χ4v) is 2.06. The highest BCUT2D eigenvalue weighted by Crippen LogP contribution is 2.27. The summed E-state index contributed by atoms with van der Waals surface area (Å²) in [4.78, 5) is 17.6. The van der Waals surface area contributed by atoms with Gasteiger partial charge in [0.2, 0.25) is 5.91 Å². The summed E-state index contributed by atoms with van der Waals surface area (Å²) >= 11 is 0. The molecular weight excluding hydrogens is 332 g/mol. The maximum absolute atomic E-state index is 11.7. The van der Waals surface area contributed by atoms with Crippen LogP contribution in [0.5, 0.6) is 11.5 Å². The molecule has 2 N–H and O–H groups in total. The van der Waals surface area contributed by atoms with E-state index in [0.717, 1.165) is 17.6 Å². The fraction of sp³-hybridized carbons (Fsp3) is 0.474. The van der Waals surface area contributed by atoms with Crippen molar-refractivity contribution in [3.63, 3.8) is 0 Å². The summed E-state index contributed by atoms with van der Waals surface area (Å²) in [6, 6.07) is 5.84. The van der Waals surface area contributed by atoms with Gasteiger partial charge in [0.25, 0.3) is 0 Å². The second kappa shape index (κ2) is 11.0. The van der Waals surface area contributed by atoms with Crippen LogP contribution in [-0.2, 0) is 11.2 Å². The van der Waals surface area contributed by atoms with Gasteiger partial charge in [0.05, 0.1) is 14.2 Å². The lowest BCUT2D eigenvalue weighted by Gasteiger charge is -2.14. The summed E-state index contributed by atoms with van der Waals surface area (Å²) in [5.41, 5.74) is 2.09. The number of methoxy groups -OCH3 is 2. The molecular formula is C19H30N4O3. The third-order valence-corrected chi connectivity index (χ3v) is 3.58. The van der Waals surface area contributed by atoms with Crippen LogP contribution in [0.15, 0.2) is 35.3 Å². The molecule has 1 aromatic carbocycles. The van der Waals surface area contributed by atoms with Crippen LogP contribution in [-0.4, -0.2) is 64.7 Å². The summed E-state index contributed by atoms with van der Waals surface area (Å²) in [5, 5.41) is 6.40. The number of hydrogen-bond acceptors (Lipinski definition) is 4. The van der Waals surface area contributed by atoms with Gasteiger partial charge in [-0.15, -0.1) is 0 Å². The lowest BCUT2D eigenvalue weighted by Crippen LogP contribution is -2.40. The van der Waals surface area contributed by atoms with Gasteiger partial charge in [-0.3, -0.25) is 4.79 Å². The largest absolute Gasteiger partial charge is 0.493 e. The number of guanidine groups is 1. The summed E-state index contributed by atoms with van der Waals surface area (Å²) in [6.45, 7) is 7.15. The maximum Gasteiger partial charge on any atom is 0.243 e. The molecule has 0 heterocycles. The van der Waals surface area contributed by atoms with Crippen molar-refractivity contribution in [2.75, 3.05) is 47.9 Å². The zero-order chi connectivity index (χ0) is 19.5.